The van der Waals surface area contributed by atoms with E-state index in [0.717, 1.165) is 17.1 Å². The Morgan fingerprint density at radius 1 is 1.18 bits per heavy atom. The molecule has 0 aliphatic carbocycles. The maximum absolute atomic E-state index is 10.5. The molecule has 1 aliphatic heterocycles. The zero-order valence-electron chi connectivity index (χ0n) is 9.26. The third kappa shape index (κ3) is 3.11. The number of carbonyl (C=O) groups is 1. The lowest BCUT2D eigenvalue weighted by Crippen LogP contribution is -2.15. The van der Waals surface area contributed by atoms with Gasteiger partial charge < -0.3 is 15.2 Å². The average molecular weight is 231 g/mol. The summed E-state index contributed by atoms with van der Waals surface area (Å²) in [6.07, 6.45) is 6.50. The number of amides is 1. The molecule has 0 radical (unpaired) electrons. The fourth-order valence-corrected chi connectivity index (χ4v) is 1.48. The molecule has 0 saturated heterocycles. The van der Waals surface area contributed by atoms with Crippen LogP contribution in [0, 0.1) is 0 Å². The minimum atomic E-state index is -0.461. The number of benzene rings is 1. The number of hydrogen-bond acceptors (Lipinski definition) is 3. The van der Waals surface area contributed by atoms with Crippen molar-refractivity contribution in [2.45, 2.75) is 0 Å². The Bertz CT molecular complexity index is 478. The second kappa shape index (κ2) is 5.21. The summed E-state index contributed by atoms with van der Waals surface area (Å²) in [5.41, 5.74) is 5.94. The summed E-state index contributed by atoms with van der Waals surface area (Å²) in [4.78, 5) is 10.5. The predicted molar refractivity (Wildman–Crippen MR) is 64.8 cm³/mol. The second-order valence-corrected chi connectivity index (χ2v) is 3.52. The number of rotatable bonds is 3. The van der Waals surface area contributed by atoms with Crippen LogP contribution in [0.25, 0.3) is 6.08 Å². The van der Waals surface area contributed by atoms with Gasteiger partial charge in [0.05, 0.1) is 0 Å². The van der Waals surface area contributed by atoms with Crippen LogP contribution < -0.4 is 15.2 Å². The van der Waals surface area contributed by atoms with Gasteiger partial charge >= 0.3 is 0 Å². The minimum Gasteiger partial charge on any atom is -0.486 e. The lowest BCUT2D eigenvalue weighted by atomic mass is 10.2. The molecule has 17 heavy (non-hydrogen) atoms. The number of hydrogen-bond donors (Lipinski definition) is 1. The van der Waals surface area contributed by atoms with Crippen molar-refractivity contribution in [1.29, 1.82) is 0 Å². The van der Waals surface area contributed by atoms with Gasteiger partial charge in [-0.15, -0.1) is 0 Å². The van der Waals surface area contributed by atoms with Gasteiger partial charge in [-0.3, -0.25) is 4.79 Å². The largest absolute Gasteiger partial charge is 0.486 e. The summed E-state index contributed by atoms with van der Waals surface area (Å²) in [6.45, 7) is 1.16. The van der Waals surface area contributed by atoms with E-state index in [1.807, 2.05) is 24.3 Å². The van der Waals surface area contributed by atoms with Gasteiger partial charge in [0, 0.05) is 6.08 Å². The molecular formula is C13H13NO3. The third-order valence-corrected chi connectivity index (χ3v) is 2.23. The topological polar surface area (TPSA) is 61.6 Å². The van der Waals surface area contributed by atoms with Crippen molar-refractivity contribution in [2.75, 3.05) is 13.2 Å². The number of fused-ring (bicyclic) bond motifs is 1. The average Bonchev–Trinajstić information content (AvgIpc) is 2.34. The van der Waals surface area contributed by atoms with E-state index < -0.39 is 5.91 Å². The SMILES string of the molecule is NC(=O)/C=C/C=C/c1ccc2c(c1)OCCO2. The van der Waals surface area contributed by atoms with Crippen LogP contribution in [0.1, 0.15) is 5.56 Å². The zero-order chi connectivity index (χ0) is 12.1. The molecule has 1 amide bonds. The molecule has 88 valence electrons. The van der Waals surface area contributed by atoms with E-state index in [1.54, 1.807) is 12.2 Å². The van der Waals surface area contributed by atoms with Crippen molar-refractivity contribution >= 4 is 12.0 Å². The molecule has 4 heteroatoms. The number of ether oxygens (including phenoxy) is 2. The lowest BCUT2D eigenvalue weighted by Gasteiger charge is -2.18. The van der Waals surface area contributed by atoms with E-state index in [1.165, 1.54) is 6.08 Å². The van der Waals surface area contributed by atoms with Crippen molar-refractivity contribution in [3.05, 3.63) is 42.0 Å². The highest BCUT2D eigenvalue weighted by molar-refractivity contribution is 5.86. The Hall–Kier alpha value is -2.23. The molecule has 0 spiro atoms. The normalized spacial score (nSPS) is 14.4. The second-order valence-electron chi connectivity index (χ2n) is 3.52. The van der Waals surface area contributed by atoms with Gasteiger partial charge in [-0.05, 0) is 17.7 Å². The van der Waals surface area contributed by atoms with E-state index in [-0.39, 0.29) is 0 Å². The zero-order valence-corrected chi connectivity index (χ0v) is 9.26. The van der Waals surface area contributed by atoms with Crippen LogP contribution in [0.2, 0.25) is 0 Å². The van der Waals surface area contributed by atoms with E-state index >= 15 is 0 Å². The van der Waals surface area contributed by atoms with Crippen LogP contribution in [0.4, 0.5) is 0 Å². The highest BCUT2D eigenvalue weighted by Crippen LogP contribution is 2.30. The van der Waals surface area contributed by atoms with Crippen LogP contribution in [0.5, 0.6) is 11.5 Å². The third-order valence-electron chi connectivity index (χ3n) is 2.23. The summed E-state index contributed by atoms with van der Waals surface area (Å²) in [7, 11) is 0. The Morgan fingerprint density at radius 3 is 2.71 bits per heavy atom. The van der Waals surface area contributed by atoms with Crippen LogP contribution >= 0.6 is 0 Å². The van der Waals surface area contributed by atoms with Crippen LogP contribution in [0.3, 0.4) is 0 Å². The fraction of sp³-hybridized carbons (Fsp3) is 0.154. The fourth-order valence-electron chi connectivity index (χ4n) is 1.48. The van der Waals surface area contributed by atoms with Crippen molar-refractivity contribution < 1.29 is 14.3 Å². The maximum Gasteiger partial charge on any atom is 0.241 e. The molecule has 0 unspecified atom stereocenters. The number of allylic oxidation sites excluding steroid dienone is 2. The van der Waals surface area contributed by atoms with Gasteiger partial charge in [0.1, 0.15) is 13.2 Å². The van der Waals surface area contributed by atoms with Crippen molar-refractivity contribution in [3.8, 4) is 11.5 Å². The van der Waals surface area contributed by atoms with Gasteiger partial charge in [0.25, 0.3) is 0 Å². The molecule has 1 aromatic carbocycles. The molecule has 4 nitrogen and oxygen atoms in total. The van der Waals surface area contributed by atoms with E-state index in [0.29, 0.717) is 13.2 Å². The summed E-state index contributed by atoms with van der Waals surface area (Å²) >= 11 is 0. The Balaban J connectivity index is 2.09. The maximum atomic E-state index is 10.5. The first-order valence-electron chi connectivity index (χ1n) is 5.29. The summed E-state index contributed by atoms with van der Waals surface area (Å²) < 4.78 is 10.9. The van der Waals surface area contributed by atoms with Crippen LogP contribution in [-0.2, 0) is 4.79 Å². The Kier molecular flexibility index (Phi) is 3.45. The van der Waals surface area contributed by atoms with Gasteiger partial charge in [0.2, 0.25) is 5.91 Å². The molecule has 1 aromatic rings. The van der Waals surface area contributed by atoms with E-state index in [2.05, 4.69) is 0 Å². The van der Waals surface area contributed by atoms with Gasteiger partial charge in [-0.25, -0.2) is 0 Å². The quantitative estimate of drug-likeness (QED) is 0.633. The molecule has 2 N–H and O–H groups in total. The predicted octanol–water partition coefficient (Wildman–Crippen LogP) is 1.51. The molecule has 0 fully saturated rings. The molecule has 2 rings (SSSR count). The standard InChI is InChI=1S/C13H13NO3/c14-13(15)4-2-1-3-10-5-6-11-12(9-10)17-8-7-16-11/h1-6,9H,7-8H2,(H2,14,15)/b3-1+,4-2+. The summed E-state index contributed by atoms with van der Waals surface area (Å²) in [5, 5.41) is 0. The Labute approximate surface area is 99.3 Å². The highest BCUT2D eigenvalue weighted by atomic mass is 16.6. The molecule has 0 aromatic heterocycles. The summed E-state index contributed by atoms with van der Waals surface area (Å²) in [5.74, 6) is 1.05. The van der Waals surface area contributed by atoms with Gasteiger partial charge in [-0.2, -0.15) is 0 Å². The molecule has 0 bridgehead atoms. The first kappa shape index (κ1) is 11.3. The smallest absolute Gasteiger partial charge is 0.241 e. The summed E-state index contributed by atoms with van der Waals surface area (Å²) in [6, 6.07) is 5.68. The van der Waals surface area contributed by atoms with Crippen LogP contribution in [0.15, 0.2) is 36.4 Å². The molecule has 1 aliphatic rings. The highest BCUT2D eigenvalue weighted by Gasteiger charge is 2.10. The van der Waals surface area contributed by atoms with Crippen molar-refractivity contribution in [2.24, 2.45) is 5.73 Å². The first-order valence-corrected chi connectivity index (χ1v) is 5.29. The molecular weight excluding hydrogens is 218 g/mol. The molecule has 0 saturated carbocycles. The molecule has 0 atom stereocenters. The number of nitrogens with two attached hydrogens (primary N) is 1. The van der Waals surface area contributed by atoms with Gasteiger partial charge in [0.15, 0.2) is 11.5 Å². The monoisotopic (exact) mass is 231 g/mol. The first-order chi connectivity index (χ1) is 8.25. The Morgan fingerprint density at radius 2 is 1.94 bits per heavy atom. The number of primary amides is 1. The van der Waals surface area contributed by atoms with E-state index in [9.17, 15) is 4.79 Å². The minimum absolute atomic E-state index is 0.461. The lowest BCUT2D eigenvalue weighted by molar-refractivity contribution is -0.113. The van der Waals surface area contributed by atoms with Crippen molar-refractivity contribution in [1.82, 2.24) is 0 Å². The van der Waals surface area contributed by atoms with Crippen molar-refractivity contribution in [3.63, 3.8) is 0 Å². The number of carbonyl (C=O) groups excluding carboxylic acids is 1. The van der Waals surface area contributed by atoms with E-state index in [4.69, 9.17) is 15.2 Å². The van der Waals surface area contributed by atoms with Gasteiger partial charge in [-0.1, -0.05) is 24.3 Å². The molecule has 1 heterocycles. The van der Waals surface area contributed by atoms with Crippen LogP contribution in [-0.4, -0.2) is 19.1 Å².